The third kappa shape index (κ3) is 3.20. The van der Waals surface area contributed by atoms with Crippen molar-refractivity contribution in [2.45, 2.75) is 26.4 Å². The Balaban J connectivity index is 2.60. The first-order valence-electron chi connectivity index (χ1n) is 5.15. The summed E-state index contributed by atoms with van der Waals surface area (Å²) >= 11 is 0. The molecule has 0 saturated carbocycles. The molecule has 0 unspecified atom stereocenters. The molecular formula is C11H17N3O2. The van der Waals surface area contributed by atoms with Crippen LogP contribution in [0.5, 0.6) is 5.75 Å². The number of likely N-dealkylation sites (N-methyl/N-ethyl adjacent to an activating group) is 1. The fourth-order valence-corrected chi connectivity index (χ4v) is 1.29. The molecular weight excluding hydrogens is 206 g/mol. The van der Waals surface area contributed by atoms with Crippen LogP contribution in [-0.4, -0.2) is 29.1 Å². The fourth-order valence-electron chi connectivity index (χ4n) is 1.29. The zero-order valence-electron chi connectivity index (χ0n) is 9.74. The van der Waals surface area contributed by atoms with Gasteiger partial charge in [-0.2, -0.15) is 0 Å². The molecule has 16 heavy (non-hydrogen) atoms. The van der Waals surface area contributed by atoms with Gasteiger partial charge in [0.15, 0.2) is 0 Å². The first-order valence-corrected chi connectivity index (χ1v) is 5.15. The smallest absolute Gasteiger partial charge is 0.236 e. The molecule has 1 atom stereocenters. The molecule has 5 nitrogen and oxygen atoms in total. The predicted octanol–water partition coefficient (Wildman–Crippen LogP) is 0.320. The summed E-state index contributed by atoms with van der Waals surface area (Å²) in [7, 11) is 1.59. The first kappa shape index (κ1) is 12.4. The third-order valence-corrected chi connectivity index (χ3v) is 2.30. The van der Waals surface area contributed by atoms with E-state index in [9.17, 15) is 9.90 Å². The number of nitrogens with one attached hydrogen (secondary N) is 2. The van der Waals surface area contributed by atoms with Crippen LogP contribution in [0.4, 0.5) is 0 Å². The van der Waals surface area contributed by atoms with E-state index in [1.165, 1.54) is 0 Å². The van der Waals surface area contributed by atoms with Crippen molar-refractivity contribution in [2.75, 3.05) is 7.05 Å². The number of amides is 1. The van der Waals surface area contributed by atoms with Crippen LogP contribution in [-0.2, 0) is 11.3 Å². The molecule has 0 radical (unpaired) electrons. The number of carbonyl (C=O) groups excluding carboxylic acids is 1. The summed E-state index contributed by atoms with van der Waals surface area (Å²) in [6, 6.07) is 3.02. The van der Waals surface area contributed by atoms with Gasteiger partial charge in [0, 0.05) is 19.3 Å². The van der Waals surface area contributed by atoms with E-state index in [4.69, 9.17) is 0 Å². The molecule has 0 aliphatic rings. The molecule has 0 saturated heterocycles. The lowest BCUT2D eigenvalue weighted by atomic mass is 10.2. The molecule has 88 valence electrons. The van der Waals surface area contributed by atoms with E-state index in [0.717, 1.165) is 5.69 Å². The van der Waals surface area contributed by atoms with Gasteiger partial charge in [-0.25, -0.2) is 0 Å². The predicted molar refractivity (Wildman–Crippen MR) is 61.0 cm³/mol. The summed E-state index contributed by atoms with van der Waals surface area (Å²) in [5.74, 6) is 0.0503. The quantitative estimate of drug-likeness (QED) is 0.687. The van der Waals surface area contributed by atoms with Crippen LogP contribution in [0.3, 0.4) is 0 Å². The van der Waals surface area contributed by atoms with Gasteiger partial charge in [-0.05, 0) is 26.0 Å². The van der Waals surface area contributed by atoms with Gasteiger partial charge in [0.1, 0.15) is 5.75 Å². The number of nitrogens with zero attached hydrogens (tertiary/aromatic N) is 1. The average Bonchev–Trinajstić information content (AvgIpc) is 2.28. The second-order valence-electron chi connectivity index (χ2n) is 3.64. The molecule has 1 heterocycles. The second-order valence-corrected chi connectivity index (χ2v) is 3.64. The highest BCUT2D eigenvalue weighted by Crippen LogP contribution is 2.14. The molecule has 0 aromatic carbocycles. The summed E-state index contributed by atoms with van der Waals surface area (Å²) in [6.45, 7) is 3.97. The normalized spacial score (nSPS) is 12.2. The lowest BCUT2D eigenvalue weighted by Gasteiger charge is -2.12. The molecule has 3 N–H and O–H groups in total. The molecule has 5 heteroatoms. The molecule has 1 rings (SSSR count). The molecule has 1 aromatic heterocycles. The van der Waals surface area contributed by atoms with E-state index in [0.29, 0.717) is 12.2 Å². The molecule has 0 aliphatic carbocycles. The van der Waals surface area contributed by atoms with E-state index >= 15 is 0 Å². The highest BCUT2D eigenvalue weighted by Gasteiger charge is 2.11. The van der Waals surface area contributed by atoms with Crippen molar-refractivity contribution < 1.29 is 9.90 Å². The van der Waals surface area contributed by atoms with E-state index in [1.54, 1.807) is 26.1 Å². The maximum atomic E-state index is 11.2. The maximum absolute atomic E-state index is 11.2. The summed E-state index contributed by atoms with van der Waals surface area (Å²) in [4.78, 5) is 15.4. The number of hydrogen-bond acceptors (Lipinski definition) is 4. The van der Waals surface area contributed by atoms with Crippen molar-refractivity contribution >= 4 is 5.91 Å². The fraction of sp³-hybridized carbons (Fsp3) is 0.455. The number of aromatic nitrogens is 1. The number of rotatable bonds is 4. The highest BCUT2D eigenvalue weighted by atomic mass is 16.3. The van der Waals surface area contributed by atoms with E-state index in [1.807, 2.05) is 6.92 Å². The summed E-state index contributed by atoms with van der Waals surface area (Å²) in [5.41, 5.74) is 1.39. The van der Waals surface area contributed by atoms with Crippen LogP contribution in [0, 0.1) is 6.92 Å². The molecule has 1 aromatic rings. The van der Waals surface area contributed by atoms with Crippen LogP contribution in [0.25, 0.3) is 0 Å². The topological polar surface area (TPSA) is 74.2 Å². The lowest BCUT2D eigenvalue weighted by molar-refractivity contribution is -0.122. The molecule has 0 aliphatic heterocycles. The zero-order valence-corrected chi connectivity index (χ0v) is 9.74. The Morgan fingerprint density at radius 2 is 2.25 bits per heavy atom. The van der Waals surface area contributed by atoms with Gasteiger partial charge in [-0.15, -0.1) is 0 Å². The van der Waals surface area contributed by atoms with Gasteiger partial charge in [0.25, 0.3) is 0 Å². The molecule has 0 spiro atoms. The lowest BCUT2D eigenvalue weighted by Crippen LogP contribution is -2.40. The van der Waals surface area contributed by atoms with E-state index < -0.39 is 0 Å². The van der Waals surface area contributed by atoms with Crippen molar-refractivity contribution in [3.63, 3.8) is 0 Å². The minimum atomic E-state index is -0.313. The van der Waals surface area contributed by atoms with Gasteiger partial charge in [-0.3, -0.25) is 9.78 Å². The number of aryl methyl sites for hydroxylation is 1. The van der Waals surface area contributed by atoms with Crippen molar-refractivity contribution in [1.82, 2.24) is 15.6 Å². The monoisotopic (exact) mass is 223 g/mol. The Bertz CT molecular complexity index is 379. The highest BCUT2D eigenvalue weighted by molar-refractivity contribution is 5.80. The van der Waals surface area contributed by atoms with Crippen LogP contribution >= 0.6 is 0 Å². The first-order chi connectivity index (χ1) is 7.54. The number of pyridine rings is 1. The Labute approximate surface area is 94.9 Å². The minimum Gasteiger partial charge on any atom is -0.506 e. The number of hydrogen-bond donors (Lipinski definition) is 3. The molecule has 0 bridgehead atoms. The van der Waals surface area contributed by atoms with Crippen molar-refractivity contribution in [3.05, 3.63) is 23.5 Å². The Hall–Kier alpha value is -1.62. The van der Waals surface area contributed by atoms with Gasteiger partial charge in [0.05, 0.1) is 11.7 Å². The van der Waals surface area contributed by atoms with Crippen molar-refractivity contribution in [2.24, 2.45) is 0 Å². The minimum absolute atomic E-state index is 0.0906. The third-order valence-electron chi connectivity index (χ3n) is 2.30. The van der Waals surface area contributed by atoms with Crippen LogP contribution < -0.4 is 10.6 Å². The van der Waals surface area contributed by atoms with E-state index in [-0.39, 0.29) is 17.7 Å². The summed E-state index contributed by atoms with van der Waals surface area (Å²) < 4.78 is 0. The van der Waals surface area contributed by atoms with Gasteiger partial charge >= 0.3 is 0 Å². The van der Waals surface area contributed by atoms with Gasteiger partial charge in [0.2, 0.25) is 5.91 Å². The number of aromatic hydroxyl groups is 1. The van der Waals surface area contributed by atoms with Crippen LogP contribution in [0.1, 0.15) is 18.3 Å². The second kappa shape index (κ2) is 5.46. The van der Waals surface area contributed by atoms with Gasteiger partial charge in [-0.1, -0.05) is 0 Å². The SMILES string of the molecule is CNC(=O)[C@@H](C)NCc1nc(C)ccc1O. The zero-order chi connectivity index (χ0) is 12.1. The van der Waals surface area contributed by atoms with Gasteiger partial charge < -0.3 is 15.7 Å². The Kier molecular flexibility index (Phi) is 4.25. The Morgan fingerprint density at radius 1 is 1.56 bits per heavy atom. The van der Waals surface area contributed by atoms with Crippen LogP contribution in [0.15, 0.2) is 12.1 Å². The van der Waals surface area contributed by atoms with E-state index in [2.05, 4.69) is 15.6 Å². The largest absolute Gasteiger partial charge is 0.506 e. The van der Waals surface area contributed by atoms with Crippen molar-refractivity contribution in [1.29, 1.82) is 0 Å². The molecule has 0 fully saturated rings. The number of carbonyl (C=O) groups is 1. The maximum Gasteiger partial charge on any atom is 0.236 e. The van der Waals surface area contributed by atoms with Crippen LogP contribution in [0.2, 0.25) is 0 Å². The standard InChI is InChI=1S/C11H17N3O2/c1-7-4-5-10(15)9(14-7)6-13-8(2)11(16)12-3/h4-5,8,13,15H,6H2,1-3H3,(H,12,16)/t8-/m1/s1. The van der Waals surface area contributed by atoms with Crippen molar-refractivity contribution in [3.8, 4) is 5.75 Å². The summed E-state index contributed by atoms with van der Waals surface area (Å²) in [6.07, 6.45) is 0. The average molecular weight is 223 g/mol. The molecule has 1 amide bonds. The Morgan fingerprint density at radius 3 is 2.88 bits per heavy atom. The summed E-state index contributed by atoms with van der Waals surface area (Å²) in [5, 5.41) is 15.1.